The average Bonchev–Trinajstić information content (AvgIpc) is 3.66. The SMILES string of the molecule is c1ccc(-c2ccc(N(c3ccccc3)c3cccc(-n4c5ccccc5c5ccc6c7ccccc7sc6c54)c3)cc2)cc1. The second kappa shape index (κ2) is 10.5. The molecule has 0 unspecified atom stereocenters. The summed E-state index contributed by atoms with van der Waals surface area (Å²) in [4.78, 5) is 2.35. The Kier molecular flexibility index (Phi) is 6.03. The summed E-state index contributed by atoms with van der Waals surface area (Å²) in [6.07, 6.45) is 0. The standard InChI is InChI=1S/C42H28N2S/c1-3-12-29(13-4-1)30-22-24-32(25-23-30)43(31-14-5-2-6-15-31)33-16-11-17-34(28-33)44-39-20-9-7-18-35(39)37-26-27-38-36-19-8-10-21-40(36)45-42(38)41(37)44/h1-28H. The van der Waals surface area contributed by atoms with Gasteiger partial charge >= 0.3 is 0 Å². The largest absolute Gasteiger partial charge is 0.310 e. The van der Waals surface area contributed by atoms with Crippen LogP contribution in [0.2, 0.25) is 0 Å². The summed E-state index contributed by atoms with van der Waals surface area (Å²) < 4.78 is 5.11. The normalized spacial score (nSPS) is 11.6. The van der Waals surface area contributed by atoms with E-state index in [1.54, 1.807) is 0 Å². The van der Waals surface area contributed by atoms with Gasteiger partial charge in [0.1, 0.15) is 0 Å². The molecule has 0 spiro atoms. The highest BCUT2D eigenvalue weighted by Gasteiger charge is 2.19. The summed E-state index contributed by atoms with van der Waals surface area (Å²) in [7, 11) is 0. The molecular formula is C42H28N2S. The lowest BCUT2D eigenvalue weighted by atomic mass is 10.0. The highest BCUT2D eigenvalue weighted by molar-refractivity contribution is 7.26. The number of para-hydroxylation sites is 2. The van der Waals surface area contributed by atoms with E-state index in [0.717, 1.165) is 22.7 Å². The van der Waals surface area contributed by atoms with E-state index in [1.165, 1.54) is 53.1 Å². The molecule has 45 heavy (non-hydrogen) atoms. The van der Waals surface area contributed by atoms with Gasteiger partial charge in [0, 0.05) is 49.0 Å². The van der Waals surface area contributed by atoms with Crippen molar-refractivity contribution in [3.8, 4) is 16.8 Å². The fourth-order valence-corrected chi connectivity index (χ4v) is 7.97. The molecule has 3 heteroatoms. The number of benzene rings is 7. The topological polar surface area (TPSA) is 8.17 Å². The highest BCUT2D eigenvalue weighted by atomic mass is 32.1. The smallest absolute Gasteiger partial charge is 0.0719 e. The van der Waals surface area contributed by atoms with Gasteiger partial charge in [0.05, 0.1) is 15.7 Å². The Balaban J connectivity index is 1.26. The number of thiophene rings is 1. The van der Waals surface area contributed by atoms with Crippen molar-refractivity contribution in [3.63, 3.8) is 0 Å². The first-order valence-corrected chi connectivity index (χ1v) is 16.1. The van der Waals surface area contributed by atoms with Crippen LogP contribution in [0.15, 0.2) is 170 Å². The Hall–Kier alpha value is -5.64. The molecule has 0 fully saturated rings. The Morgan fingerprint density at radius 3 is 1.87 bits per heavy atom. The van der Waals surface area contributed by atoms with E-state index < -0.39 is 0 Å². The van der Waals surface area contributed by atoms with Gasteiger partial charge in [-0.05, 0) is 65.7 Å². The summed E-state index contributed by atoms with van der Waals surface area (Å²) in [5, 5.41) is 5.19. The molecule has 2 aromatic heterocycles. The summed E-state index contributed by atoms with van der Waals surface area (Å²) in [5.41, 5.74) is 9.41. The second-order valence-electron chi connectivity index (χ2n) is 11.4. The number of aromatic nitrogens is 1. The van der Waals surface area contributed by atoms with Crippen LogP contribution in [0.1, 0.15) is 0 Å². The van der Waals surface area contributed by atoms with Gasteiger partial charge in [0.15, 0.2) is 0 Å². The molecule has 212 valence electrons. The van der Waals surface area contributed by atoms with Crippen molar-refractivity contribution >= 4 is 70.4 Å². The molecule has 0 radical (unpaired) electrons. The van der Waals surface area contributed by atoms with Gasteiger partial charge in [-0.25, -0.2) is 0 Å². The van der Waals surface area contributed by atoms with Crippen molar-refractivity contribution in [3.05, 3.63) is 170 Å². The van der Waals surface area contributed by atoms with Crippen LogP contribution in [0.25, 0.3) is 58.8 Å². The number of rotatable bonds is 5. The predicted molar refractivity (Wildman–Crippen MR) is 194 cm³/mol. The lowest BCUT2D eigenvalue weighted by molar-refractivity contribution is 1.18. The third-order valence-electron chi connectivity index (χ3n) is 8.77. The van der Waals surface area contributed by atoms with Crippen LogP contribution in [0.5, 0.6) is 0 Å². The molecule has 0 aliphatic rings. The van der Waals surface area contributed by atoms with Gasteiger partial charge in [-0.3, -0.25) is 0 Å². The first kappa shape index (κ1) is 25.8. The van der Waals surface area contributed by atoms with E-state index in [4.69, 9.17) is 0 Å². The molecule has 9 aromatic rings. The van der Waals surface area contributed by atoms with Gasteiger partial charge in [-0.2, -0.15) is 0 Å². The van der Waals surface area contributed by atoms with Crippen molar-refractivity contribution in [2.24, 2.45) is 0 Å². The molecule has 0 atom stereocenters. The maximum atomic E-state index is 2.47. The first-order chi connectivity index (χ1) is 22.3. The van der Waals surface area contributed by atoms with E-state index in [1.807, 2.05) is 11.3 Å². The molecule has 0 saturated heterocycles. The maximum absolute atomic E-state index is 2.47. The molecule has 0 aliphatic carbocycles. The first-order valence-electron chi connectivity index (χ1n) is 15.3. The minimum absolute atomic E-state index is 1.11. The van der Waals surface area contributed by atoms with Crippen LogP contribution >= 0.6 is 11.3 Å². The average molecular weight is 593 g/mol. The van der Waals surface area contributed by atoms with Crippen molar-refractivity contribution in [1.82, 2.24) is 4.57 Å². The van der Waals surface area contributed by atoms with E-state index >= 15 is 0 Å². The molecule has 9 rings (SSSR count). The van der Waals surface area contributed by atoms with Gasteiger partial charge in [0.2, 0.25) is 0 Å². The van der Waals surface area contributed by atoms with E-state index in [-0.39, 0.29) is 0 Å². The zero-order valence-corrected chi connectivity index (χ0v) is 25.3. The highest BCUT2D eigenvalue weighted by Crippen LogP contribution is 2.44. The van der Waals surface area contributed by atoms with Crippen LogP contribution < -0.4 is 4.90 Å². The van der Waals surface area contributed by atoms with Crippen LogP contribution in [-0.4, -0.2) is 4.57 Å². The molecule has 0 bridgehead atoms. The number of hydrogen-bond donors (Lipinski definition) is 0. The Labute approximate surface area is 265 Å². The number of fused-ring (bicyclic) bond motifs is 7. The van der Waals surface area contributed by atoms with Gasteiger partial charge in [-0.1, -0.05) is 115 Å². The Morgan fingerprint density at radius 2 is 1.04 bits per heavy atom. The molecule has 2 nitrogen and oxygen atoms in total. The molecule has 2 heterocycles. The third kappa shape index (κ3) is 4.24. The summed E-state index contributed by atoms with van der Waals surface area (Å²) >= 11 is 1.89. The fraction of sp³-hybridized carbons (Fsp3) is 0. The van der Waals surface area contributed by atoms with E-state index in [9.17, 15) is 0 Å². The number of anilines is 3. The molecular weight excluding hydrogens is 565 g/mol. The minimum Gasteiger partial charge on any atom is -0.310 e. The van der Waals surface area contributed by atoms with E-state index in [0.29, 0.717) is 0 Å². The fourth-order valence-electron chi connectivity index (χ4n) is 6.73. The van der Waals surface area contributed by atoms with Crippen LogP contribution in [0.4, 0.5) is 17.1 Å². The zero-order chi connectivity index (χ0) is 29.7. The third-order valence-corrected chi connectivity index (χ3v) is 9.97. The number of hydrogen-bond acceptors (Lipinski definition) is 2. The van der Waals surface area contributed by atoms with Crippen molar-refractivity contribution in [2.75, 3.05) is 4.90 Å². The molecule has 0 aliphatic heterocycles. The Morgan fingerprint density at radius 1 is 0.422 bits per heavy atom. The van der Waals surface area contributed by atoms with Crippen LogP contribution in [-0.2, 0) is 0 Å². The van der Waals surface area contributed by atoms with Crippen molar-refractivity contribution in [1.29, 1.82) is 0 Å². The summed E-state index contributed by atoms with van der Waals surface area (Å²) in [6.45, 7) is 0. The summed E-state index contributed by atoms with van der Waals surface area (Å²) in [6, 6.07) is 61.2. The van der Waals surface area contributed by atoms with Crippen molar-refractivity contribution in [2.45, 2.75) is 0 Å². The molecule has 0 saturated carbocycles. The predicted octanol–water partition coefficient (Wildman–Crippen LogP) is 12.3. The number of nitrogens with zero attached hydrogens (tertiary/aromatic N) is 2. The molecule has 0 N–H and O–H groups in total. The lowest BCUT2D eigenvalue weighted by Crippen LogP contribution is -2.10. The maximum Gasteiger partial charge on any atom is 0.0719 e. The van der Waals surface area contributed by atoms with Crippen LogP contribution in [0, 0.1) is 0 Å². The molecule has 0 amide bonds. The lowest BCUT2D eigenvalue weighted by Gasteiger charge is -2.26. The monoisotopic (exact) mass is 592 g/mol. The summed E-state index contributed by atoms with van der Waals surface area (Å²) in [5.74, 6) is 0. The van der Waals surface area contributed by atoms with Crippen molar-refractivity contribution < 1.29 is 0 Å². The zero-order valence-electron chi connectivity index (χ0n) is 24.5. The minimum atomic E-state index is 1.11. The van der Waals surface area contributed by atoms with Gasteiger partial charge in [-0.15, -0.1) is 11.3 Å². The van der Waals surface area contributed by atoms with Gasteiger partial charge < -0.3 is 9.47 Å². The van der Waals surface area contributed by atoms with Crippen LogP contribution in [0.3, 0.4) is 0 Å². The molecule has 7 aromatic carbocycles. The second-order valence-corrected chi connectivity index (χ2v) is 12.4. The van der Waals surface area contributed by atoms with Gasteiger partial charge in [0.25, 0.3) is 0 Å². The Bertz CT molecular complexity index is 2470. The quantitative estimate of drug-likeness (QED) is 0.193. The van der Waals surface area contributed by atoms with E-state index in [2.05, 4.69) is 179 Å².